The SMILES string of the molecule is CN(C)c1ccc(N[C@H]2CCCN(C(=O)Cc3ccon3)CC2)cn1. The monoisotopic (exact) mass is 343 g/mol. The van der Waals surface area contributed by atoms with Crippen LogP contribution in [0.1, 0.15) is 25.0 Å². The molecule has 2 aromatic rings. The van der Waals surface area contributed by atoms with Crippen LogP contribution < -0.4 is 10.2 Å². The summed E-state index contributed by atoms with van der Waals surface area (Å²) >= 11 is 0. The molecule has 1 N–H and O–H groups in total. The number of likely N-dealkylation sites (tertiary alicyclic amines) is 1. The number of nitrogens with one attached hydrogen (secondary N) is 1. The van der Waals surface area contributed by atoms with Crippen molar-refractivity contribution in [3.63, 3.8) is 0 Å². The molecule has 1 atom stereocenters. The minimum atomic E-state index is 0.117. The van der Waals surface area contributed by atoms with Crippen LogP contribution in [0, 0.1) is 0 Å². The highest BCUT2D eigenvalue weighted by molar-refractivity contribution is 5.78. The fraction of sp³-hybridized carbons (Fsp3) is 0.500. The first-order valence-electron chi connectivity index (χ1n) is 8.69. The zero-order chi connectivity index (χ0) is 17.6. The van der Waals surface area contributed by atoms with Crippen molar-refractivity contribution >= 4 is 17.4 Å². The molecule has 25 heavy (non-hydrogen) atoms. The van der Waals surface area contributed by atoms with Crippen molar-refractivity contribution in [1.29, 1.82) is 0 Å². The number of amides is 1. The van der Waals surface area contributed by atoms with Crippen LogP contribution in [-0.4, -0.2) is 54.2 Å². The Kier molecular flexibility index (Phi) is 5.53. The van der Waals surface area contributed by atoms with E-state index < -0.39 is 0 Å². The number of rotatable bonds is 5. The van der Waals surface area contributed by atoms with Gasteiger partial charge in [-0.1, -0.05) is 5.16 Å². The van der Waals surface area contributed by atoms with E-state index in [0.717, 1.165) is 43.9 Å². The standard InChI is InChI=1S/C18H25N5O2/c1-22(2)17-6-5-16(13-19-17)20-14-4-3-9-23(10-7-14)18(24)12-15-8-11-25-21-15/h5-6,8,11,13-14,20H,3-4,7,9-10,12H2,1-2H3/t14-/m0/s1. The fourth-order valence-electron chi connectivity index (χ4n) is 3.06. The van der Waals surface area contributed by atoms with Gasteiger partial charge in [-0.2, -0.15) is 0 Å². The summed E-state index contributed by atoms with van der Waals surface area (Å²) < 4.78 is 4.79. The molecule has 1 amide bonds. The Morgan fingerprint density at radius 3 is 2.88 bits per heavy atom. The van der Waals surface area contributed by atoms with Crippen molar-refractivity contribution in [3.8, 4) is 0 Å². The molecule has 7 nitrogen and oxygen atoms in total. The smallest absolute Gasteiger partial charge is 0.228 e. The van der Waals surface area contributed by atoms with Gasteiger partial charge in [0.1, 0.15) is 12.1 Å². The van der Waals surface area contributed by atoms with Crippen LogP contribution in [0.25, 0.3) is 0 Å². The maximum Gasteiger partial charge on any atom is 0.228 e. The summed E-state index contributed by atoms with van der Waals surface area (Å²) in [6.07, 6.45) is 6.65. The number of aromatic nitrogens is 2. The average molecular weight is 343 g/mol. The zero-order valence-electron chi connectivity index (χ0n) is 14.8. The van der Waals surface area contributed by atoms with Gasteiger partial charge in [-0.05, 0) is 31.4 Å². The molecule has 3 heterocycles. The predicted molar refractivity (Wildman–Crippen MR) is 96.6 cm³/mol. The third-order valence-electron chi connectivity index (χ3n) is 4.48. The topological polar surface area (TPSA) is 74.5 Å². The highest BCUT2D eigenvalue weighted by Gasteiger charge is 2.21. The van der Waals surface area contributed by atoms with Crippen LogP contribution in [0.4, 0.5) is 11.5 Å². The van der Waals surface area contributed by atoms with Crippen molar-refractivity contribution in [2.45, 2.75) is 31.7 Å². The fourth-order valence-corrected chi connectivity index (χ4v) is 3.06. The van der Waals surface area contributed by atoms with Crippen LogP contribution in [0.5, 0.6) is 0 Å². The van der Waals surface area contributed by atoms with E-state index in [1.165, 1.54) is 6.26 Å². The molecule has 0 unspecified atom stereocenters. The molecule has 0 spiro atoms. The molecule has 0 aromatic carbocycles. The van der Waals surface area contributed by atoms with E-state index >= 15 is 0 Å². The second-order valence-electron chi connectivity index (χ2n) is 6.62. The largest absolute Gasteiger partial charge is 0.381 e. The molecule has 1 fully saturated rings. The van der Waals surface area contributed by atoms with E-state index in [4.69, 9.17) is 4.52 Å². The van der Waals surface area contributed by atoms with Crippen molar-refractivity contribution in [1.82, 2.24) is 15.0 Å². The molecule has 0 radical (unpaired) electrons. The third kappa shape index (κ3) is 4.71. The van der Waals surface area contributed by atoms with Gasteiger partial charge in [0.2, 0.25) is 5.91 Å². The molecule has 134 valence electrons. The second kappa shape index (κ2) is 8.00. The van der Waals surface area contributed by atoms with Crippen molar-refractivity contribution in [2.24, 2.45) is 0 Å². The lowest BCUT2D eigenvalue weighted by Crippen LogP contribution is -2.33. The van der Waals surface area contributed by atoms with Gasteiger partial charge in [0.25, 0.3) is 0 Å². The number of hydrogen-bond donors (Lipinski definition) is 1. The lowest BCUT2D eigenvalue weighted by molar-refractivity contribution is -0.130. The first-order chi connectivity index (χ1) is 12.1. The third-order valence-corrected chi connectivity index (χ3v) is 4.48. The van der Waals surface area contributed by atoms with Crippen LogP contribution in [0.15, 0.2) is 35.2 Å². The first-order valence-corrected chi connectivity index (χ1v) is 8.69. The van der Waals surface area contributed by atoms with Gasteiger partial charge in [-0.25, -0.2) is 4.98 Å². The number of anilines is 2. The van der Waals surface area contributed by atoms with E-state index in [9.17, 15) is 4.79 Å². The minimum Gasteiger partial charge on any atom is -0.381 e. The minimum absolute atomic E-state index is 0.117. The average Bonchev–Trinajstić information content (AvgIpc) is 2.99. The molecule has 0 aliphatic carbocycles. The van der Waals surface area contributed by atoms with Gasteiger partial charge < -0.3 is 19.6 Å². The molecule has 7 heteroatoms. The van der Waals surface area contributed by atoms with Gasteiger partial charge in [-0.3, -0.25) is 4.79 Å². The quantitative estimate of drug-likeness (QED) is 0.897. The molecule has 1 aliphatic heterocycles. The molecule has 2 aromatic heterocycles. The lowest BCUT2D eigenvalue weighted by atomic mass is 10.1. The summed E-state index contributed by atoms with van der Waals surface area (Å²) in [6.45, 7) is 1.56. The van der Waals surface area contributed by atoms with E-state index in [1.54, 1.807) is 6.07 Å². The van der Waals surface area contributed by atoms with Crippen molar-refractivity contribution < 1.29 is 9.32 Å². The number of carbonyl (C=O) groups excluding carboxylic acids is 1. The zero-order valence-corrected chi connectivity index (χ0v) is 14.8. The summed E-state index contributed by atoms with van der Waals surface area (Å²) in [7, 11) is 3.96. The van der Waals surface area contributed by atoms with Crippen LogP contribution in [-0.2, 0) is 11.2 Å². The first kappa shape index (κ1) is 17.3. The maximum atomic E-state index is 12.4. The summed E-state index contributed by atoms with van der Waals surface area (Å²) in [6, 6.07) is 6.16. The van der Waals surface area contributed by atoms with Gasteiger partial charge in [0, 0.05) is 39.3 Å². The number of carbonyl (C=O) groups is 1. The van der Waals surface area contributed by atoms with Gasteiger partial charge in [-0.15, -0.1) is 0 Å². The van der Waals surface area contributed by atoms with Gasteiger partial charge in [0.05, 0.1) is 24.0 Å². The van der Waals surface area contributed by atoms with E-state index in [0.29, 0.717) is 18.2 Å². The summed E-state index contributed by atoms with van der Waals surface area (Å²) in [5.74, 6) is 1.06. The molecule has 1 saturated heterocycles. The number of pyridine rings is 1. The van der Waals surface area contributed by atoms with Crippen LogP contribution in [0.3, 0.4) is 0 Å². The van der Waals surface area contributed by atoms with Crippen LogP contribution >= 0.6 is 0 Å². The lowest BCUT2D eigenvalue weighted by Gasteiger charge is -2.21. The Bertz CT molecular complexity index is 669. The van der Waals surface area contributed by atoms with Crippen LogP contribution in [0.2, 0.25) is 0 Å². The predicted octanol–water partition coefficient (Wildman–Crippen LogP) is 2.17. The van der Waals surface area contributed by atoms with Crippen molar-refractivity contribution in [3.05, 3.63) is 36.4 Å². The van der Waals surface area contributed by atoms with Crippen molar-refractivity contribution in [2.75, 3.05) is 37.4 Å². The maximum absolute atomic E-state index is 12.4. The molecule has 3 rings (SSSR count). The Morgan fingerprint density at radius 1 is 1.32 bits per heavy atom. The summed E-state index contributed by atoms with van der Waals surface area (Å²) in [5.41, 5.74) is 1.72. The Morgan fingerprint density at radius 2 is 2.20 bits per heavy atom. The number of hydrogen-bond acceptors (Lipinski definition) is 6. The molecule has 0 saturated carbocycles. The highest BCUT2D eigenvalue weighted by Crippen LogP contribution is 2.18. The highest BCUT2D eigenvalue weighted by atomic mass is 16.5. The second-order valence-corrected chi connectivity index (χ2v) is 6.62. The van der Waals surface area contributed by atoms with E-state index in [2.05, 4.69) is 21.5 Å². The number of nitrogens with zero attached hydrogens (tertiary/aromatic N) is 4. The van der Waals surface area contributed by atoms with E-state index in [1.807, 2.05) is 36.2 Å². The summed E-state index contributed by atoms with van der Waals surface area (Å²) in [5, 5.41) is 7.37. The van der Waals surface area contributed by atoms with Gasteiger partial charge >= 0.3 is 0 Å². The molecular formula is C18H25N5O2. The normalized spacial score (nSPS) is 17.8. The summed E-state index contributed by atoms with van der Waals surface area (Å²) in [4.78, 5) is 20.7. The molecule has 1 aliphatic rings. The molecule has 0 bridgehead atoms. The van der Waals surface area contributed by atoms with Gasteiger partial charge in [0.15, 0.2) is 0 Å². The Hall–Kier alpha value is -2.57. The van der Waals surface area contributed by atoms with E-state index in [-0.39, 0.29) is 5.91 Å². The molecular weight excluding hydrogens is 318 g/mol. The Labute approximate surface area is 148 Å². The Balaban J connectivity index is 1.51.